The summed E-state index contributed by atoms with van der Waals surface area (Å²) < 4.78 is 17.6. The minimum atomic E-state index is -0.705. The predicted octanol–water partition coefficient (Wildman–Crippen LogP) is 0.983. The number of esters is 1. The second-order valence-electron chi connectivity index (χ2n) is 4.39. The van der Waals surface area contributed by atoms with Crippen molar-refractivity contribution in [2.24, 2.45) is 5.41 Å². The minimum Gasteiger partial charge on any atom is -0.469 e. The number of likely N-dealkylation sites (tertiary alicyclic amines) is 1. The van der Waals surface area contributed by atoms with Crippen LogP contribution in [0, 0.1) is 5.41 Å². The predicted molar refractivity (Wildman–Crippen MR) is 49.6 cm³/mol. The second kappa shape index (κ2) is 3.50. The van der Waals surface area contributed by atoms with Gasteiger partial charge in [0.2, 0.25) is 0 Å². The maximum absolute atomic E-state index is 12.9. The molecule has 14 heavy (non-hydrogen) atoms. The molecule has 1 saturated carbocycles. The van der Waals surface area contributed by atoms with E-state index in [0.717, 1.165) is 19.4 Å². The highest BCUT2D eigenvalue weighted by atomic mass is 19.1. The topological polar surface area (TPSA) is 29.5 Å². The van der Waals surface area contributed by atoms with Crippen molar-refractivity contribution in [1.82, 2.24) is 4.90 Å². The zero-order valence-electron chi connectivity index (χ0n) is 8.46. The lowest BCUT2D eigenvalue weighted by Crippen LogP contribution is -2.34. The van der Waals surface area contributed by atoms with Crippen LogP contribution in [0.4, 0.5) is 4.39 Å². The first-order valence-electron chi connectivity index (χ1n) is 5.11. The summed E-state index contributed by atoms with van der Waals surface area (Å²) in [7, 11) is 1.42. The quantitative estimate of drug-likeness (QED) is 0.637. The molecule has 80 valence electrons. The summed E-state index contributed by atoms with van der Waals surface area (Å²) in [6, 6.07) is 0. The van der Waals surface area contributed by atoms with Gasteiger partial charge in [0.1, 0.15) is 6.17 Å². The maximum Gasteiger partial charge on any atom is 0.313 e. The fourth-order valence-electron chi connectivity index (χ4n) is 2.15. The van der Waals surface area contributed by atoms with Gasteiger partial charge in [-0.3, -0.25) is 9.69 Å². The van der Waals surface area contributed by atoms with Crippen LogP contribution in [0.25, 0.3) is 0 Å². The van der Waals surface area contributed by atoms with Gasteiger partial charge in [0.05, 0.1) is 12.5 Å². The molecule has 1 atom stereocenters. The van der Waals surface area contributed by atoms with Crippen LogP contribution < -0.4 is 0 Å². The van der Waals surface area contributed by atoms with Gasteiger partial charge < -0.3 is 4.74 Å². The van der Waals surface area contributed by atoms with Crippen LogP contribution in [0.2, 0.25) is 0 Å². The number of methoxy groups -OCH3 is 1. The van der Waals surface area contributed by atoms with E-state index in [4.69, 9.17) is 4.74 Å². The Morgan fingerprint density at radius 3 is 2.79 bits per heavy atom. The second-order valence-corrected chi connectivity index (χ2v) is 4.39. The third-order valence-corrected chi connectivity index (χ3v) is 3.21. The molecule has 2 aliphatic rings. The number of halogens is 1. The lowest BCUT2D eigenvalue weighted by atomic mass is 10.1. The molecule has 0 N–H and O–H groups in total. The van der Waals surface area contributed by atoms with Crippen molar-refractivity contribution in [3.8, 4) is 0 Å². The number of rotatable bonds is 3. The number of carbonyl (C=O) groups excluding carboxylic acids is 1. The fourth-order valence-corrected chi connectivity index (χ4v) is 2.15. The van der Waals surface area contributed by atoms with Crippen molar-refractivity contribution >= 4 is 5.97 Å². The van der Waals surface area contributed by atoms with E-state index in [1.807, 2.05) is 4.90 Å². The van der Waals surface area contributed by atoms with E-state index in [9.17, 15) is 9.18 Å². The summed E-state index contributed by atoms with van der Waals surface area (Å²) in [6.07, 6.45) is 1.70. The van der Waals surface area contributed by atoms with Gasteiger partial charge in [0.15, 0.2) is 0 Å². The van der Waals surface area contributed by atoms with Gasteiger partial charge in [-0.05, 0) is 19.3 Å². The molecule has 2 rings (SSSR count). The molecule has 0 amide bonds. The summed E-state index contributed by atoms with van der Waals surface area (Å²) >= 11 is 0. The first-order chi connectivity index (χ1) is 6.66. The van der Waals surface area contributed by atoms with Crippen LogP contribution in [0.15, 0.2) is 0 Å². The van der Waals surface area contributed by atoms with E-state index in [1.54, 1.807) is 0 Å². The Kier molecular flexibility index (Phi) is 2.47. The fraction of sp³-hybridized carbons (Fsp3) is 0.900. The van der Waals surface area contributed by atoms with Gasteiger partial charge in [-0.1, -0.05) is 0 Å². The van der Waals surface area contributed by atoms with Gasteiger partial charge in [-0.25, -0.2) is 4.39 Å². The molecular weight excluding hydrogens is 185 g/mol. The largest absolute Gasteiger partial charge is 0.469 e. The van der Waals surface area contributed by atoms with E-state index in [2.05, 4.69) is 0 Å². The van der Waals surface area contributed by atoms with Gasteiger partial charge in [0.25, 0.3) is 0 Å². The van der Waals surface area contributed by atoms with E-state index >= 15 is 0 Å². The van der Waals surface area contributed by atoms with Crippen molar-refractivity contribution < 1.29 is 13.9 Å². The highest BCUT2D eigenvalue weighted by Crippen LogP contribution is 2.47. The van der Waals surface area contributed by atoms with Crippen molar-refractivity contribution in [3.63, 3.8) is 0 Å². The molecule has 0 aromatic heterocycles. The van der Waals surface area contributed by atoms with Crippen LogP contribution in [0.1, 0.15) is 19.3 Å². The summed E-state index contributed by atoms with van der Waals surface area (Å²) in [5.41, 5.74) is -0.293. The molecule has 1 heterocycles. The molecule has 0 spiro atoms. The first-order valence-corrected chi connectivity index (χ1v) is 5.11. The smallest absolute Gasteiger partial charge is 0.313 e. The van der Waals surface area contributed by atoms with Crippen LogP contribution in [-0.2, 0) is 9.53 Å². The number of nitrogens with zero attached hydrogens (tertiary/aromatic N) is 1. The summed E-state index contributed by atoms with van der Waals surface area (Å²) in [6.45, 7) is 1.94. The Morgan fingerprint density at radius 2 is 2.36 bits per heavy atom. The number of ether oxygens (including phenoxy) is 1. The van der Waals surface area contributed by atoms with E-state index < -0.39 is 6.17 Å². The first kappa shape index (κ1) is 9.90. The van der Waals surface area contributed by atoms with Gasteiger partial charge in [-0.2, -0.15) is 0 Å². The van der Waals surface area contributed by atoms with Crippen molar-refractivity contribution in [2.45, 2.75) is 25.4 Å². The molecule has 2 fully saturated rings. The number of alkyl halides is 1. The highest BCUT2D eigenvalue weighted by Gasteiger charge is 2.52. The molecule has 1 aliphatic heterocycles. The standard InChI is InChI=1S/C10H16FNO2/c1-14-9(13)10(3-4-10)7-12-5-2-8(11)6-12/h8H,2-7H2,1H3/t8-/m1/s1. The van der Waals surface area contributed by atoms with Crippen LogP contribution >= 0.6 is 0 Å². The Morgan fingerprint density at radius 1 is 1.64 bits per heavy atom. The molecule has 1 aliphatic carbocycles. The van der Waals surface area contributed by atoms with Gasteiger partial charge in [0, 0.05) is 19.6 Å². The van der Waals surface area contributed by atoms with Gasteiger partial charge in [-0.15, -0.1) is 0 Å². The highest BCUT2D eigenvalue weighted by molar-refractivity contribution is 5.80. The summed E-state index contributed by atoms with van der Waals surface area (Å²) in [5, 5.41) is 0. The van der Waals surface area contributed by atoms with Gasteiger partial charge >= 0.3 is 5.97 Å². The summed E-state index contributed by atoms with van der Waals surface area (Å²) in [5.74, 6) is -0.125. The van der Waals surface area contributed by atoms with Crippen molar-refractivity contribution in [2.75, 3.05) is 26.7 Å². The SMILES string of the molecule is COC(=O)C1(CN2CC[C@@H](F)C2)CC1. The minimum absolute atomic E-state index is 0.125. The third-order valence-electron chi connectivity index (χ3n) is 3.21. The van der Waals surface area contributed by atoms with Crippen molar-refractivity contribution in [1.29, 1.82) is 0 Å². The Labute approximate surface area is 83.2 Å². The van der Waals surface area contributed by atoms with E-state index in [1.165, 1.54) is 7.11 Å². The molecular formula is C10H16FNO2. The Hall–Kier alpha value is -0.640. The number of hydrogen-bond acceptors (Lipinski definition) is 3. The van der Waals surface area contributed by atoms with Crippen LogP contribution in [0.5, 0.6) is 0 Å². The Bertz CT molecular complexity index is 240. The summed E-state index contributed by atoms with van der Waals surface area (Å²) in [4.78, 5) is 13.5. The van der Waals surface area contributed by atoms with E-state index in [0.29, 0.717) is 19.5 Å². The monoisotopic (exact) mass is 201 g/mol. The molecule has 1 saturated heterocycles. The lowest BCUT2D eigenvalue weighted by Gasteiger charge is -2.20. The van der Waals surface area contributed by atoms with Crippen LogP contribution in [-0.4, -0.2) is 43.8 Å². The Balaban J connectivity index is 1.88. The zero-order chi connectivity index (χ0) is 10.2. The molecule has 0 radical (unpaired) electrons. The lowest BCUT2D eigenvalue weighted by molar-refractivity contribution is -0.147. The molecule has 4 heteroatoms. The normalized spacial score (nSPS) is 30.3. The zero-order valence-corrected chi connectivity index (χ0v) is 8.46. The molecule has 0 unspecified atom stereocenters. The average Bonchev–Trinajstić information content (AvgIpc) is 2.84. The maximum atomic E-state index is 12.9. The number of hydrogen-bond donors (Lipinski definition) is 0. The van der Waals surface area contributed by atoms with Crippen LogP contribution in [0.3, 0.4) is 0 Å². The number of carbonyl (C=O) groups is 1. The van der Waals surface area contributed by atoms with Crippen molar-refractivity contribution in [3.05, 3.63) is 0 Å². The van der Waals surface area contributed by atoms with E-state index in [-0.39, 0.29) is 11.4 Å². The third kappa shape index (κ3) is 1.75. The average molecular weight is 201 g/mol. The molecule has 0 aromatic rings. The molecule has 0 aromatic carbocycles. The molecule has 0 bridgehead atoms. The molecule has 3 nitrogen and oxygen atoms in total.